The van der Waals surface area contributed by atoms with Crippen molar-refractivity contribution in [3.8, 4) is 17.0 Å². The molecule has 23 heavy (non-hydrogen) atoms. The number of hydrogen-bond donors (Lipinski definition) is 1. The van der Waals surface area contributed by atoms with Crippen molar-refractivity contribution in [2.45, 2.75) is 38.9 Å². The van der Waals surface area contributed by atoms with Gasteiger partial charge in [0.05, 0.1) is 17.3 Å². The van der Waals surface area contributed by atoms with Crippen molar-refractivity contribution in [3.05, 3.63) is 36.8 Å². The monoisotopic (exact) mass is 326 g/mol. The summed E-state index contributed by atoms with van der Waals surface area (Å²) in [5, 5.41) is 8.46. The van der Waals surface area contributed by atoms with Crippen LogP contribution in [0.1, 0.15) is 20.8 Å². The molecule has 0 radical (unpaired) electrons. The Hall–Kier alpha value is -2.21. The summed E-state index contributed by atoms with van der Waals surface area (Å²) in [5.74, 6) is 0.806. The molecule has 0 spiro atoms. The number of nitrogens with one attached hydrogen (secondary N) is 1. The number of H-pyrrole nitrogens is 1. The largest absolute Gasteiger partial charge is 0.542 e. The number of aromatic amines is 1. The van der Waals surface area contributed by atoms with Gasteiger partial charge in [-0.25, -0.2) is 4.98 Å². The van der Waals surface area contributed by atoms with Crippen LogP contribution in [0.5, 0.6) is 5.75 Å². The van der Waals surface area contributed by atoms with Gasteiger partial charge in [0.2, 0.25) is 0 Å². The molecule has 0 unspecified atom stereocenters. The molecular weight excluding hydrogens is 304 g/mol. The SMILES string of the molecule is CC(C)(C)[Si](C)(C)Oc1cnc2n[nH]c(-c3ccncc3)c2c1. The van der Waals surface area contributed by atoms with Crippen LogP contribution in [-0.4, -0.2) is 28.5 Å². The van der Waals surface area contributed by atoms with Gasteiger partial charge in [-0.15, -0.1) is 0 Å². The van der Waals surface area contributed by atoms with Crippen LogP contribution in [0.15, 0.2) is 36.8 Å². The maximum Gasteiger partial charge on any atom is 0.250 e. The zero-order valence-electron chi connectivity index (χ0n) is 14.2. The summed E-state index contributed by atoms with van der Waals surface area (Å²) in [7, 11) is -1.89. The molecule has 3 heterocycles. The highest BCUT2D eigenvalue weighted by Crippen LogP contribution is 2.38. The Morgan fingerprint density at radius 3 is 2.48 bits per heavy atom. The highest BCUT2D eigenvalue weighted by atomic mass is 28.4. The molecule has 3 rings (SSSR count). The molecule has 0 aliphatic heterocycles. The van der Waals surface area contributed by atoms with E-state index in [9.17, 15) is 0 Å². The van der Waals surface area contributed by atoms with E-state index in [1.807, 2.05) is 18.2 Å². The minimum absolute atomic E-state index is 0.145. The fourth-order valence-corrected chi connectivity index (χ4v) is 3.13. The summed E-state index contributed by atoms with van der Waals surface area (Å²) in [4.78, 5) is 8.49. The summed E-state index contributed by atoms with van der Waals surface area (Å²) >= 11 is 0. The minimum atomic E-state index is -1.89. The molecule has 3 aromatic rings. The minimum Gasteiger partial charge on any atom is -0.542 e. The Labute approximate surface area is 137 Å². The van der Waals surface area contributed by atoms with Crippen molar-refractivity contribution in [1.82, 2.24) is 20.2 Å². The van der Waals surface area contributed by atoms with Gasteiger partial charge in [0, 0.05) is 18.0 Å². The summed E-state index contributed by atoms with van der Waals surface area (Å²) in [6.07, 6.45) is 5.30. The van der Waals surface area contributed by atoms with Crippen LogP contribution in [-0.2, 0) is 0 Å². The third kappa shape index (κ3) is 2.99. The lowest BCUT2D eigenvalue weighted by Crippen LogP contribution is -2.43. The molecule has 0 saturated carbocycles. The van der Waals surface area contributed by atoms with Crippen molar-refractivity contribution < 1.29 is 4.43 Å². The van der Waals surface area contributed by atoms with E-state index >= 15 is 0 Å². The second-order valence-electron chi connectivity index (χ2n) is 7.24. The number of pyridine rings is 2. The van der Waals surface area contributed by atoms with Crippen molar-refractivity contribution >= 4 is 19.4 Å². The first-order chi connectivity index (χ1) is 10.8. The number of aromatic nitrogens is 4. The standard InChI is InChI=1S/C17H22N4OSi/c1-17(2,3)23(4,5)22-13-10-14-15(12-6-8-18-9-7-12)20-21-16(14)19-11-13/h6-11H,1-5H3,(H,19,20,21). The van der Waals surface area contributed by atoms with Gasteiger partial charge in [0.1, 0.15) is 5.75 Å². The van der Waals surface area contributed by atoms with E-state index in [0.29, 0.717) is 5.65 Å². The smallest absolute Gasteiger partial charge is 0.250 e. The first-order valence-corrected chi connectivity index (χ1v) is 10.6. The topological polar surface area (TPSA) is 63.7 Å². The van der Waals surface area contributed by atoms with Crippen molar-refractivity contribution in [2.24, 2.45) is 0 Å². The lowest BCUT2D eigenvalue weighted by atomic mass is 10.1. The van der Waals surface area contributed by atoms with Gasteiger partial charge in [-0.3, -0.25) is 10.1 Å². The molecule has 5 nitrogen and oxygen atoms in total. The number of fused-ring (bicyclic) bond motifs is 1. The van der Waals surface area contributed by atoms with Crippen LogP contribution in [0.3, 0.4) is 0 Å². The molecule has 0 atom stereocenters. The van der Waals surface area contributed by atoms with Crippen LogP contribution in [0.2, 0.25) is 18.1 Å². The first kappa shape index (κ1) is 15.7. The summed E-state index contributed by atoms with van der Waals surface area (Å²) < 4.78 is 6.36. The van der Waals surface area contributed by atoms with Crippen LogP contribution >= 0.6 is 0 Å². The summed E-state index contributed by atoms with van der Waals surface area (Å²) in [5.41, 5.74) is 2.67. The predicted molar refractivity (Wildman–Crippen MR) is 94.9 cm³/mol. The maximum absolute atomic E-state index is 6.36. The lowest BCUT2D eigenvalue weighted by molar-refractivity contribution is 0.491. The quantitative estimate of drug-likeness (QED) is 0.724. The fraction of sp³-hybridized carbons (Fsp3) is 0.353. The first-order valence-electron chi connectivity index (χ1n) is 7.71. The zero-order chi connectivity index (χ0) is 16.7. The third-order valence-corrected chi connectivity index (χ3v) is 8.89. The van der Waals surface area contributed by atoms with Crippen molar-refractivity contribution in [2.75, 3.05) is 0 Å². The van der Waals surface area contributed by atoms with Gasteiger partial charge >= 0.3 is 0 Å². The van der Waals surface area contributed by atoms with Gasteiger partial charge < -0.3 is 4.43 Å². The number of nitrogens with zero attached hydrogens (tertiary/aromatic N) is 3. The average molecular weight is 326 g/mol. The van der Waals surface area contributed by atoms with Gasteiger partial charge in [0.25, 0.3) is 8.32 Å². The van der Waals surface area contributed by atoms with Crippen LogP contribution in [0.25, 0.3) is 22.3 Å². The maximum atomic E-state index is 6.36. The molecule has 120 valence electrons. The molecule has 1 N–H and O–H groups in total. The van der Waals surface area contributed by atoms with Crippen LogP contribution in [0, 0.1) is 0 Å². The summed E-state index contributed by atoms with van der Waals surface area (Å²) in [6, 6.07) is 5.94. The average Bonchev–Trinajstić information content (AvgIpc) is 2.89. The second-order valence-corrected chi connectivity index (χ2v) is 12.0. The molecule has 0 aliphatic rings. The molecule has 6 heteroatoms. The van der Waals surface area contributed by atoms with Gasteiger partial charge in [0.15, 0.2) is 5.65 Å². The fourth-order valence-electron chi connectivity index (χ4n) is 2.12. The Balaban J connectivity index is 2.02. The second kappa shape index (κ2) is 5.45. The van der Waals surface area contributed by atoms with E-state index in [1.54, 1.807) is 18.6 Å². The van der Waals surface area contributed by atoms with E-state index in [1.165, 1.54) is 0 Å². The van der Waals surface area contributed by atoms with E-state index in [0.717, 1.165) is 22.4 Å². The highest BCUT2D eigenvalue weighted by Gasteiger charge is 2.39. The van der Waals surface area contributed by atoms with Crippen LogP contribution in [0.4, 0.5) is 0 Å². The Morgan fingerprint density at radius 1 is 1.13 bits per heavy atom. The lowest BCUT2D eigenvalue weighted by Gasteiger charge is -2.36. The molecule has 0 saturated heterocycles. The van der Waals surface area contributed by atoms with Gasteiger partial charge in [-0.2, -0.15) is 5.10 Å². The van der Waals surface area contributed by atoms with Crippen molar-refractivity contribution in [1.29, 1.82) is 0 Å². The van der Waals surface area contributed by atoms with E-state index in [4.69, 9.17) is 4.43 Å². The number of rotatable bonds is 3. The molecule has 3 aromatic heterocycles. The number of hydrogen-bond acceptors (Lipinski definition) is 4. The normalized spacial score (nSPS) is 12.6. The Bertz CT molecular complexity index is 821. The van der Waals surface area contributed by atoms with Gasteiger partial charge in [-0.1, -0.05) is 20.8 Å². The van der Waals surface area contributed by atoms with E-state index < -0.39 is 8.32 Å². The molecule has 0 aliphatic carbocycles. The summed E-state index contributed by atoms with van der Waals surface area (Å²) in [6.45, 7) is 11.1. The van der Waals surface area contributed by atoms with E-state index in [-0.39, 0.29) is 5.04 Å². The Morgan fingerprint density at radius 2 is 1.83 bits per heavy atom. The molecule has 0 fully saturated rings. The molecular formula is C17H22N4OSi. The van der Waals surface area contributed by atoms with E-state index in [2.05, 4.69) is 54.0 Å². The molecule has 0 bridgehead atoms. The predicted octanol–water partition coefficient (Wildman–Crippen LogP) is 4.40. The van der Waals surface area contributed by atoms with Gasteiger partial charge in [-0.05, 0) is 36.3 Å². The van der Waals surface area contributed by atoms with Crippen molar-refractivity contribution in [3.63, 3.8) is 0 Å². The molecule has 0 amide bonds. The Kier molecular flexibility index (Phi) is 3.72. The third-order valence-electron chi connectivity index (χ3n) is 4.53. The zero-order valence-corrected chi connectivity index (χ0v) is 15.2. The highest BCUT2D eigenvalue weighted by molar-refractivity contribution is 6.74. The molecule has 0 aromatic carbocycles. The van der Waals surface area contributed by atoms with Crippen LogP contribution < -0.4 is 4.43 Å².